The van der Waals surface area contributed by atoms with E-state index in [9.17, 15) is 4.79 Å². The molecule has 2 N–H and O–H groups in total. The standard InChI is InChI=1S/C18H21N3O3/c1-13-5-4-6-15(9-13)19-12-18(22)21-20-11-14-7-8-16(23-2)10-17(14)24-3/h4-11,19H,12H2,1-3H3,(H,21,22)/b20-11+. The Morgan fingerprint density at radius 3 is 2.71 bits per heavy atom. The summed E-state index contributed by atoms with van der Waals surface area (Å²) in [6.45, 7) is 2.14. The molecule has 2 aromatic rings. The van der Waals surface area contributed by atoms with Crippen molar-refractivity contribution in [1.82, 2.24) is 5.43 Å². The lowest BCUT2D eigenvalue weighted by atomic mass is 10.2. The third-order valence-corrected chi connectivity index (χ3v) is 3.30. The van der Waals surface area contributed by atoms with E-state index in [1.54, 1.807) is 32.4 Å². The molecule has 6 nitrogen and oxygen atoms in total. The molecule has 24 heavy (non-hydrogen) atoms. The van der Waals surface area contributed by atoms with Crippen LogP contribution in [-0.2, 0) is 4.79 Å². The van der Waals surface area contributed by atoms with Gasteiger partial charge in [0.1, 0.15) is 11.5 Å². The number of benzene rings is 2. The van der Waals surface area contributed by atoms with Gasteiger partial charge in [-0.1, -0.05) is 12.1 Å². The first-order valence-corrected chi connectivity index (χ1v) is 7.47. The van der Waals surface area contributed by atoms with Crippen LogP contribution in [0.25, 0.3) is 0 Å². The van der Waals surface area contributed by atoms with Crippen molar-refractivity contribution in [3.8, 4) is 11.5 Å². The van der Waals surface area contributed by atoms with Crippen LogP contribution in [0.5, 0.6) is 11.5 Å². The molecule has 126 valence electrons. The van der Waals surface area contributed by atoms with E-state index in [0.717, 1.165) is 16.8 Å². The van der Waals surface area contributed by atoms with Crippen LogP contribution in [0.4, 0.5) is 5.69 Å². The highest BCUT2D eigenvalue weighted by Crippen LogP contribution is 2.22. The number of hydrogen-bond donors (Lipinski definition) is 2. The van der Waals surface area contributed by atoms with Crippen molar-refractivity contribution < 1.29 is 14.3 Å². The molecule has 0 aliphatic rings. The molecule has 2 rings (SSSR count). The summed E-state index contributed by atoms with van der Waals surface area (Å²) in [7, 11) is 3.15. The second-order valence-electron chi connectivity index (χ2n) is 5.12. The van der Waals surface area contributed by atoms with Crippen LogP contribution in [-0.4, -0.2) is 32.9 Å². The van der Waals surface area contributed by atoms with Crippen molar-refractivity contribution in [1.29, 1.82) is 0 Å². The highest BCUT2D eigenvalue weighted by atomic mass is 16.5. The minimum absolute atomic E-state index is 0.139. The average molecular weight is 327 g/mol. The van der Waals surface area contributed by atoms with Crippen LogP contribution in [0.3, 0.4) is 0 Å². The topological polar surface area (TPSA) is 72.0 Å². The van der Waals surface area contributed by atoms with E-state index < -0.39 is 0 Å². The highest BCUT2D eigenvalue weighted by molar-refractivity contribution is 5.86. The maximum atomic E-state index is 11.8. The number of methoxy groups -OCH3 is 2. The first kappa shape index (κ1) is 17.3. The molecular formula is C18H21N3O3. The van der Waals surface area contributed by atoms with Gasteiger partial charge in [0.25, 0.3) is 5.91 Å². The lowest BCUT2D eigenvalue weighted by Gasteiger charge is -2.07. The molecule has 0 fully saturated rings. The number of amides is 1. The largest absolute Gasteiger partial charge is 0.497 e. The predicted octanol–water partition coefficient (Wildman–Crippen LogP) is 2.57. The molecule has 1 amide bonds. The van der Waals surface area contributed by atoms with Crippen molar-refractivity contribution in [3.05, 3.63) is 53.6 Å². The second-order valence-corrected chi connectivity index (χ2v) is 5.12. The first-order chi connectivity index (χ1) is 11.6. The summed E-state index contributed by atoms with van der Waals surface area (Å²) in [5.41, 5.74) is 5.24. The third kappa shape index (κ3) is 5.01. The van der Waals surface area contributed by atoms with Crippen LogP contribution in [0, 0.1) is 6.92 Å². The van der Waals surface area contributed by atoms with Crippen molar-refractivity contribution in [2.75, 3.05) is 26.1 Å². The van der Waals surface area contributed by atoms with E-state index in [-0.39, 0.29) is 12.5 Å². The number of rotatable bonds is 7. The lowest BCUT2D eigenvalue weighted by molar-refractivity contribution is -0.119. The fourth-order valence-electron chi connectivity index (χ4n) is 2.08. The van der Waals surface area contributed by atoms with Gasteiger partial charge in [0.2, 0.25) is 0 Å². The molecule has 0 aromatic heterocycles. The van der Waals surface area contributed by atoms with Gasteiger partial charge in [0.15, 0.2) is 0 Å². The zero-order valence-electron chi connectivity index (χ0n) is 14.0. The summed E-state index contributed by atoms with van der Waals surface area (Å²) in [5.74, 6) is 1.07. The molecule has 2 aromatic carbocycles. The smallest absolute Gasteiger partial charge is 0.259 e. The Morgan fingerprint density at radius 1 is 1.17 bits per heavy atom. The van der Waals surface area contributed by atoms with Gasteiger partial charge >= 0.3 is 0 Å². The van der Waals surface area contributed by atoms with E-state index in [4.69, 9.17) is 9.47 Å². The van der Waals surface area contributed by atoms with Crippen LogP contribution in [0.2, 0.25) is 0 Å². The summed E-state index contributed by atoms with van der Waals surface area (Å²) in [4.78, 5) is 11.8. The normalized spacial score (nSPS) is 10.5. The van der Waals surface area contributed by atoms with Gasteiger partial charge < -0.3 is 14.8 Å². The first-order valence-electron chi connectivity index (χ1n) is 7.47. The molecule has 0 bridgehead atoms. The number of ether oxygens (including phenoxy) is 2. The fourth-order valence-corrected chi connectivity index (χ4v) is 2.08. The minimum atomic E-state index is -0.236. The van der Waals surface area contributed by atoms with E-state index in [0.29, 0.717) is 11.5 Å². The molecule has 0 saturated heterocycles. The number of aryl methyl sites for hydroxylation is 1. The van der Waals surface area contributed by atoms with Gasteiger partial charge in [-0.05, 0) is 36.8 Å². The number of hydrazone groups is 1. The fraction of sp³-hybridized carbons (Fsp3) is 0.222. The van der Waals surface area contributed by atoms with Crippen molar-refractivity contribution in [3.63, 3.8) is 0 Å². The van der Waals surface area contributed by atoms with Gasteiger partial charge in [-0.2, -0.15) is 5.10 Å². The van der Waals surface area contributed by atoms with Crippen LogP contribution < -0.4 is 20.2 Å². The molecular weight excluding hydrogens is 306 g/mol. The molecule has 0 radical (unpaired) electrons. The SMILES string of the molecule is COc1ccc(/C=N/NC(=O)CNc2cccc(C)c2)c(OC)c1. The van der Waals surface area contributed by atoms with E-state index in [1.807, 2.05) is 31.2 Å². The number of carbonyl (C=O) groups is 1. The number of carbonyl (C=O) groups excluding carboxylic acids is 1. The average Bonchev–Trinajstić information content (AvgIpc) is 2.60. The summed E-state index contributed by atoms with van der Waals surface area (Å²) in [6, 6.07) is 13.2. The Labute approximate surface area is 141 Å². The van der Waals surface area contributed by atoms with E-state index >= 15 is 0 Å². The quantitative estimate of drug-likeness (QED) is 0.606. The van der Waals surface area contributed by atoms with Crippen molar-refractivity contribution in [2.45, 2.75) is 6.92 Å². The Balaban J connectivity index is 1.88. The zero-order chi connectivity index (χ0) is 17.4. The van der Waals surface area contributed by atoms with Crippen LogP contribution >= 0.6 is 0 Å². The summed E-state index contributed by atoms with van der Waals surface area (Å²) in [6.07, 6.45) is 1.53. The monoisotopic (exact) mass is 327 g/mol. The molecule has 0 aliphatic heterocycles. The van der Waals surface area contributed by atoms with Crippen LogP contribution in [0.1, 0.15) is 11.1 Å². The Bertz CT molecular complexity index is 729. The molecule has 0 unspecified atom stereocenters. The molecule has 0 heterocycles. The summed E-state index contributed by atoms with van der Waals surface area (Å²) < 4.78 is 10.4. The van der Waals surface area contributed by atoms with Gasteiger partial charge in [-0.25, -0.2) is 5.43 Å². The lowest BCUT2D eigenvalue weighted by Crippen LogP contribution is -2.25. The van der Waals surface area contributed by atoms with Crippen molar-refractivity contribution >= 4 is 17.8 Å². The third-order valence-electron chi connectivity index (χ3n) is 3.30. The van der Waals surface area contributed by atoms with E-state index in [1.165, 1.54) is 6.21 Å². The highest BCUT2D eigenvalue weighted by Gasteiger charge is 2.03. The zero-order valence-corrected chi connectivity index (χ0v) is 14.0. The number of nitrogens with one attached hydrogen (secondary N) is 2. The summed E-state index contributed by atoms with van der Waals surface area (Å²) >= 11 is 0. The van der Waals surface area contributed by atoms with Gasteiger partial charge in [-0.3, -0.25) is 4.79 Å². The van der Waals surface area contributed by atoms with Crippen LogP contribution in [0.15, 0.2) is 47.6 Å². The van der Waals surface area contributed by atoms with Gasteiger partial charge in [0.05, 0.1) is 27.0 Å². The summed E-state index contributed by atoms with van der Waals surface area (Å²) in [5, 5.41) is 6.99. The van der Waals surface area contributed by atoms with E-state index in [2.05, 4.69) is 15.8 Å². The molecule has 0 aliphatic carbocycles. The Morgan fingerprint density at radius 2 is 2.00 bits per heavy atom. The van der Waals surface area contributed by atoms with Crippen molar-refractivity contribution in [2.24, 2.45) is 5.10 Å². The number of nitrogens with zero attached hydrogens (tertiary/aromatic N) is 1. The second kappa shape index (κ2) is 8.57. The molecule has 0 atom stereocenters. The molecule has 0 saturated carbocycles. The Kier molecular flexibility index (Phi) is 6.19. The minimum Gasteiger partial charge on any atom is -0.497 e. The molecule has 0 spiro atoms. The van der Waals surface area contributed by atoms with Gasteiger partial charge in [0, 0.05) is 17.3 Å². The van der Waals surface area contributed by atoms with Gasteiger partial charge in [-0.15, -0.1) is 0 Å². The maximum Gasteiger partial charge on any atom is 0.259 e. The Hall–Kier alpha value is -3.02. The number of hydrogen-bond acceptors (Lipinski definition) is 5. The number of anilines is 1. The maximum absolute atomic E-state index is 11.8. The molecule has 6 heteroatoms. The predicted molar refractivity (Wildman–Crippen MR) is 95.0 cm³/mol.